The lowest BCUT2D eigenvalue weighted by Gasteiger charge is -2.09. The Hall–Kier alpha value is -1.59. The first-order chi connectivity index (χ1) is 10.2. The van der Waals surface area contributed by atoms with Crippen LogP contribution in [0.1, 0.15) is 31.2 Å². The van der Waals surface area contributed by atoms with E-state index in [1.54, 1.807) is 12.1 Å². The van der Waals surface area contributed by atoms with Gasteiger partial charge in [0.05, 0.1) is 18.8 Å². The van der Waals surface area contributed by atoms with Crippen LogP contribution in [0, 0.1) is 0 Å². The number of aromatic nitrogens is 3. The van der Waals surface area contributed by atoms with E-state index in [-0.39, 0.29) is 6.61 Å². The van der Waals surface area contributed by atoms with E-state index in [0.717, 1.165) is 30.7 Å². The van der Waals surface area contributed by atoms with Crippen LogP contribution in [-0.2, 0) is 19.6 Å². The maximum absolute atomic E-state index is 9.30. The third kappa shape index (κ3) is 4.44. The van der Waals surface area contributed by atoms with Crippen LogP contribution in [0.25, 0.3) is 0 Å². The highest BCUT2D eigenvalue weighted by atomic mass is 35.5. The number of hydrogen-bond acceptors (Lipinski definition) is 4. The molecule has 114 valence electrons. The van der Waals surface area contributed by atoms with E-state index in [1.165, 1.54) is 0 Å². The fourth-order valence-electron chi connectivity index (χ4n) is 2.07. The predicted molar refractivity (Wildman–Crippen MR) is 81.5 cm³/mol. The van der Waals surface area contributed by atoms with Crippen molar-refractivity contribution in [1.82, 2.24) is 15.0 Å². The minimum absolute atomic E-state index is 0.0723. The molecule has 21 heavy (non-hydrogen) atoms. The van der Waals surface area contributed by atoms with Crippen molar-refractivity contribution < 1.29 is 9.84 Å². The molecule has 0 aliphatic rings. The van der Waals surface area contributed by atoms with E-state index in [0.29, 0.717) is 23.9 Å². The summed E-state index contributed by atoms with van der Waals surface area (Å²) in [7, 11) is 0. The predicted octanol–water partition coefficient (Wildman–Crippen LogP) is 2.85. The Labute approximate surface area is 129 Å². The third-order valence-corrected chi connectivity index (χ3v) is 3.47. The third-order valence-electron chi connectivity index (χ3n) is 3.22. The molecule has 0 aliphatic carbocycles. The number of halogens is 1. The fraction of sp³-hybridized carbons (Fsp3) is 0.467. The minimum Gasteiger partial charge on any atom is -0.492 e. The number of rotatable bonds is 8. The van der Waals surface area contributed by atoms with E-state index < -0.39 is 0 Å². The molecule has 0 unspecified atom stereocenters. The number of nitrogens with zero attached hydrogens (tertiary/aromatic N) is 3. The van der Waals surface area contributed by atoms with Crippen LogP contribution in [0.15, 0.2) is 24.3 Å². The quantitative estimate of drug-likeness (QED) is 0.814. The van der Waals surface area contributed by atoms with Crippen LogP contribution in [0.3, 0.4) is 0 Å². The van der Waals surface area contributed by atoms with E-state index >= 15 is 0 Å². The number of hydrogen-bond donors (Lipinski definition) is 1. The lowest BCUT2D eigenvalue weighted by Crippen LogP contribution is -2.13. The van der Waals surface area contributed by atoms with Gasteiger partial charge in [-0.05, 0) is 37.1 Å². The summed E-state index contributed by atoms with van der Waals surface area (Å²) in [6.45, 7) is 3.16. The van der Waals surface area contributed by atoms with Gasteiger partial charge in [0.15, 0.2) is 0 Å². The number of aliphatic hydroxyl groups excluding tert-OH is 1. The zero-order chi connectivity index (χ0) is 15.1. The second kappa shape index (κ2) is 8.00. The summed E-state index contributed by atoms with van der Waals surface area (Å²) in [6.07, 6.45) is 3.02. The van der Waals surface area contributed by atoms with Crippen molar-refractivity contribution >= 4 is 11.6 Å². The minimum atomic E-state index is -0.0723. The fourth-order valence-corrected chi connectivity index (χ4v) is 2.20. The molecule has 1 aromatic heterocycles. The summed E-state index contributed by atoms with van der Waals surface area (Å²) in [5, 5.41) is 18.1. The summed E-state index contributed by atoms with van der Waals surface area (Å²) >= 11 is 5.83. The first kappa shape index (κ1) is 15.8. The van der Waals surface area contributed by atoms with Gasteiger partial charge in [0.1, 0.15) is 18.1 Å². The summed E-state index contributed by atoms with van der Waals surface area (Å²) in [6, 6.07) is 7.26. The Morgan fingerprint density at radius 3 is 2.71 bits per heavy atom. The van der Waals surface area contributed by atoms with E-state index in [9.17, 15) is 5.11 Å². The summed E-state index contributed by atoms with van der Waals surface area (Å²) in [4.78, 5) is 0. The van der Waals surface area contributed by atoms with Crippen LogP contribution in [0.5, 0.6) is 5.75 Å². The molecule has 0 fully saturated rings. The smallest absolute Gasteiger partial charge is 0.119 e. The van der Waals surface area contributed by atoms with Gasteiger partial charge < -0.3 is 9.84 Å². The zero-order valence-electron chi connectivity index (χ0n) is 12.1. The molecule has 5 nitrogen and oxygen atoms in total. The van der Waals surface area contributed by atoms with Crippen LogP contribution >= 0.6 is 11.6 Å². The maximum Gasteiger partial charge on any atom is 0.119 e. The van der Waals surface area contributed by atoms with Gasteiger partial charge in [0.25, 0.3) is 0 Å². The zero-order valence-corrected chi connectivity index (χ0v) is 12.9. The molecule has 1 N–H and O–H groups in total. The van der Waals surface area contributed by atoms with Crippen LogP contribution in [-0.4, -0.2) is 26.7 Å². The van der Waals surface area contributed by atoms with E-state index in [1.807, 2.05) is 16.8 Å². The van der Waals surface area contributed by atoms with Gasteiger partial charge in [-0.3, -0.25) is 0 Å². The highest BCUT2D eigenvalue weighted by molar-refractivity contribution is 6.30. The largest absolute Gasteiger partial charge is 0.492 e. The molecule has 2 rings (SSSR count). The Morgan fingerprint density at radius 2 is 2.05 bits per heavy atom. The van der Waals surface area contributed by atoms with Gasteiger partial charge in [-0.1, -0.05) is 30.2 Å². The Morgan fingerprint density at radius 1 is 1.29 bits per heavy atom. The molecular weight excluding hydrogens is 290 g/mol. The average Bonchev–Trinajstić information content (AvgIpc) is 2.89. The van der Waals surface area contributed by atoms with Crippen LogP contribution in [0.2, 0.25) is 5.02 Å². The lowest BCUT2D eigenvalue weighted by molar-refractivity contribution is 0.274. The van der Waals surface area contributed by atoms with Gasteiger partial charge in [-0.25, -0.2) is 4.68 Å². The molecular formula is C15H20ClN3O2. The molecule has 0 spiro atoms. The molecule has 2 aromatic rings. The molecule has 0 bridgehead atoms. The number of benzene rings is 1. The van der Waals surface area contributed by atoms with Gasteiger partial charge in [-0.2, -0.15) is 0 Å². The average molecular weight is 310 g/mol. The van der Waals surface area contributed by atoms with Crippen LogP contribution in [0.4, 0.5) is 0 Å². The second-order valence-electron chi connectivity index (χ2n) is 4.77. The second-order valence-corrected chi connectivity index (χ2v) is 5.21. The molecule has 6 heteroatoms. The van der Waals surface area contributed by atoms with Crippen LogP contribution < -0.4 is 4.74 Å². The van der Waals surface area contributed by atoms with Gasteiger partial charge in [-0.15, -0.1) is 5.10 Å². The van der Waals surface area contributed by atoms with Gasteiger partial charge in [0.2, 0.25) is 0 Å². The number of unbranched alkanes of at least 4 members (excludes halogenated alkanes) is 1. The Balaban J connectivity index is 1.93. The van der Waals surface area contributed by atoms with E-state index in [2.05, 4.69) is 17.2 Å². The normalized spacial score (nSPS) is 10.8. The molecule has 0 atom stereocenters. The summed E-state index contributed by atoms with van der Waals surface area (Å²) in [5.41, 5.74) is 1.66. The first-order valence-corrected chi connectivity index (χ1v) is 7.52. The van der Waals surface area contributed by atoms with Crippen molar-refractivity contribution in [2.24, 2.45) is 0 Å². The summed E-state index contributed by atoms with van der Waals surface area (Å²) < 4.78 is 7.47. The SMILES string of the molecule is CCCCc1c(CO)nnn1CCOc1ccc(Cl)cc1. The highest BCUT2D eigenvalue weighted by Gasteiger charge is 2.11. The van der Waals surface area contributed by atoms with Gasteiger partial charge >= 0.3 is 0 Å². The summed E-state index contributed by atoms with van der Waals surface area (Å²) in [5.74, 6) is 0.775. The molecule has 0 aliphatic heterocycles. The molecule has 0 radical (unpaired) electrons. The lowest BCUT2D eigenvalue weighted by atomic mass is 10.1. The first-order valence-electron chi connectivity index (χ1n) is 7.15. The maximum atomic E-state index is 9.30. The van der Waals surface area contributed by atoms with Crippen molar-refractivity contribution in [3.63, 3.8) is 0 Å². The number of aliphatic hydroxyl groups is 1. The highest BCUT2D eigenvalue weighted by Crippen LogP contribution is 2.16. The Bertz CT molecular complexity index is 555. The Kier molecular flexibility index (Phi) is 6.02. The molecule has 0 saturated carbocycles. The molecule has 1 heterocycles. The van der Waals surface area contributed by atoms with Crippen molar-refractivity contribution in [3.8, 4) is 5.75 Å². The molecule has 1 aromatic carbocycles. The van der Waals surface area contributed by atoms with Crippen molar-refractivity contribution in [2.45, 2.75) is 39.3 Å². The van der Waals surface area contributed by atoms with Gasteiger partial charge in [0, 0.05) is 5.02 Å². The van der Waals surface area contributed by atoms with Crippen molar-refractivity contribution in [3.05, 3.63) is 40.7 Å². The van der Waals surface area contributed by atoms with Crippen molar-refractivity contribution in [2.75, 3.05) is 6.61 Å². The molecule has 0 saturated heterocycles. The number of ether oxygens (including phenoxy) is 1. The molecule has 0 amide bonds. The standard InChI is InChI=1S/C15H20ClN3O2/c1-2-3-4-15-14(11-20)17-18-19(15)9-10-21-13-7-5-12(16)6-8-13/h5-8,20H,2-4,9-11H2,1H3. The monoisotopic (exact) mass is 309 g/mol. The topological polar surface area (TPSA) is 60.2 Å². The van der Waals surface area contributed by atoms with Crippen molar-refractivity contribution in [1.29, 1.82) is 0 Å². The van der Waals surface area contributed by atoms with E-state index in [4.69, 9.17) is 16.3 Å².